The quantitative estimate of drug-likeness (QED) is 0.419. The molecule has 0 saturated heterocycles. The maximum atomic E-state index is 6.33. The van der Waals surface area contributed by atoms with Crippen molar-refractivity contribution in [2.24, 2.45) is 0 Å². The molecule has 0 N–H and O–H groups in total. The summed E-state index contributed by atoms with van der Waals surface area (Å²) < 4.78 is 1.00. The monoisotopic (exact) mass is 406 g/mol. The fourth-order valence-electron chi connectivity index (χ4n) is 2.60. The molecule has 0 bridgehead atoms. The van der Waals surface area contributed by atoms with Crippen molar-refractivity contribution in [2.45, 2.75) is 18.8 Å². The van der Waals surface area contributed by atoms with Gasteiger partial charge in [0.15, 0.2) is 5.82 Å². The molecule has 104 valence electrons. The van der Waals surface area contributed by atoms with E-state index in [-0.39, 0.29) is 0 Å². The molecule has 1 aliphatic rings. The SMILES string of the molecule is Clc1nc(-c2cccc3ccccc23)nc(C2CC2)c1I. The van der Waals surface area contributed by atoms with Crippen LogP contribution < -0.4 is 0 Å². The van der Waals surface area contributed by atoms with E-state index in [1.807, 2.05) is 18.2 Å². The number of nitrogens with zero attached hydrogens (tertiary/aromatic N) is 2. The van der Waals surface area contributed by atoms with Gasteiger partial charge in [0, 0.05) is 11.5 Å². The van der Waals surface area contributed by atoms with E-state index in [0.29, 0.717) is 11.1 Å². The van der Waals surface area contributed by atoms with Crippen LogP contribution in [0.2, 0.25) is 5.15 Å². The largest absolute Gasteiger partial charge is 0.232 e. The fraction of sp³-hybridized carbons (Fsp3) is 0.176. The lowest BCUT2D eigenvalue weighted by Crippen LogP contribution is -1.99. The molecule has 1 heterocycles. The summed E-state index contributed by atoms with van der Waals surface area (Å²) in [6.45, 7) is 0. The molecule has 2 nitrogen and oxygen atoms in total. The Morgan fingerprint density at radius 1 is 1.00 bits per heavy atom. The molecule has 0 unspecified atom stereocenters. The zero-order valence-corrected chi connectivity index (χ0v) is 14.1. The Labute approximate surface area is 141 Å². The van der Waals surface area contributed by atoms with Crippen molar-refractivity contribution >= 4 is 45.0 Å². The molecule has 1 aliphatic carbocycles. The lowest BCUT2D eigenvalue weighted by Gasteiger charge is -2.09. The van der Waals surface area contributed by atoms with E-state index in [1.165, 1.54) is 23.6 Å². The second-order valence-electron chi connectivity index (χ2n) is 5.34. The van der Waals surface area contributed by atoms with Crippen molar-refractivity contribution < 1.29 is 0 Å². The van der Waals surface area contributed by atoms with Crippen LogP contribution in [0.5, 0.6) is 0 Å². The first-order valence-corrected chi connectivity index (χ1v) is 8.41. The van der Waals surface area contributed by atoms with Crippen molar-refractivity contribution in [1.82, 2.24) is 9.97 Å². The smallest absolute Gasteiger partial charge is 0.161 e. The van der Waals surface area contributed by atoms with Crippen LogP contribution in [-0.2, 0) is 0 Å². The molecular formula is C17H12ClIN2. The number of hydrogen-bond donors (Lipinski definition) is 0. The van der Waals surface area contributed by atoms with E-state index >= 15 is 0 Å². The third-order valence-electron chi connectivity index (χ3n) is 3.83. The molecule has 0 amide bonds. The van der Waals surface area contributed by atoms with Crippen LogP contribution in [0.1, 0.15) is 24.5 Å². The van der Waals surface area contributed by atoms with Crippen LogP contribution in [0.15, 0.2) is 42.5 Å². The van der Waals surface area contributed by atoms with Crippen LogP contribution in [-0.4, -0.2) is 9.97 Å². The van der Waals surface area contributed by atoms with Gasteiger partial charge in [-0.1, -0.05) is 54.1 Å². The Balaban J connectivity index is 1.96. The predicted octanol–water partition coefficient (Wildman–Crippen LogP) is 5.43. The highest BCUT2D eigenvalue weighted by atomic mass is 127. The molecule has 21 heavy (non-hydrogen) atoms. The molecule has 0 aliphatic heterocycles. The van der Waals surface area contributed by atoms with Crippen LogP contribution in [0.4, 0.5) is 0 Å². The van der Waals surface area contributed by atoms with E-state index < -0.39 is 0 Å². The van der Waals surface area contributed by atoms with E-state index in [9.17, 15) is 0 Å². The first-order valence-electron chi connectivity index (χ1n) is 6.95. The summed E-state index contributed by atoms with van der Waals surface area (Å²) in [6.07, 6.45) is 2.41. The molecule has 0 radical (unpaired) electrons. The van der Waals surface area contributed by atoms with Gasteiger partial charge in [0.2, 0.25) is 0 Å². The van der Waals surface area contributed by atoms with Gasteiger partial charge in [0.05, 0.1) is 9.26 Å². The van der Waals surface area contributed by atoms with Crippen molar-refractivity contribution in [3.05, 3.63) is 56.9 Å². The van der Waals surface area contributed by atoms with Crippen LogP contribution in [0.3, 0.4) is 0 Å². The number of rotatable bonds is 2. The van der Waals surface area contributed by atoms with Gasteiger partial charge < -0.3 is 0 Å². The number of benzene rings is 2. The highest BCUT2D eigenvalue weighted by Crippen LogP contribution is 2.43. The zero-order chi connectivity index (χ0) is 14.4. The second kappa shape index (κ2) is 5.21. The van der Waals surface area contributed by atoms with Gasteiger partial charge >= 0.3 is 0 Å². The molecule has 3 aromatic rings. The molecule has 4 rings (SSSR count). The summed E-state index contributed by atoms with van der Waals surface area (Å²) in [7, 11) is 0. The highest BCUT2D eigenvalue weighted by molar-refractivity contribution is 14.1. The van der Waals surface area contributed by atoms with Crippen LogP contribution >= 0.6 is 34.2 Å². The summed E-state index contributed by atoms with van der Waals surface area (Å²) in [6, 6.07) is 14.5. The maximum Gasteiger partial charge on any atom is 0.161 e. The second-order valence-corrected chi connectivity index (χ2v) is 6.77. The number of fused-ring (bicyclic) bond motifs is 1. The Morgan fingerprint density at radius 3 is 2.57 bits per heavy atom. The average molecular weight is 407 g/mol. The maximum absolute atomic E-state index is 6.33. The minimum Gasteiger partial charge on any atom is -0.232 e. The minimum absolute atomic E-state index is 0.561. The Bertz CT molecular complexity index is 838. The summed E-state index contributed by atoms with van der Waals surface area (Å²) >= 11 is 8.59. The summed E-state index contributed by atoms with van der Waals surface area (Å²) in [5.41, 5.74) is 2.16. The molecule has 2 aromatic carbocycles. The van der Waals surface area contributed by atoms with Gasteiger partial charge in [-0.2, -0.15) is 0 Å². The molecule has 4 heteroatoms. The lowest BCUT2D eigenvalue weighted by atomic mass is 10.0. The molecule has 0 spiro atoms. The normalized spacial score (nSPS) is 14.6. The van der Waals surface area contributed by atoms with E-state index in [1.54, 1.807) is 0 Å². The summed E-state index contributed by atoms with van der Waals surface area (Å²) in [5.74, 6) is 1.30. The Kier molecular flexibility index (Phi) is 3.34. The van der Waals surface area contributed by atoms with Crippen LogP contribution in [0.25, 0.3) is 22.2 Å². The van der Waals surface area contributed by atoms with Gasteiger partial charge in [0.1, 0.15) is 5.15 Å². The van der Waals surface area contributed by atoms with Gasteiger partial charge in [0.25, 0.3) is 0 Å². The number of hydrogen-bond acceptors (Lipinski definition) is 2. The Hall–Kier alpha value is -1.20. The van der Waals surface area contributed by atoms with Crippen molar-refractivity contribution in [1.29, 1.82) is 0 Å². The summed E-state index contributed by atoms with van der Waals surface area (Å²) in [4.78, 5) is 9.32. The van der Waals surface area contributed by atoms with Gasteiger partial charge in [-0.3, -0.25) is 0 Å². The number of halogens is 2. The standard InChI is InChI=1S/C17H12ClIN2/c18-16-14(19)15(11-8-9-11)20-17(21-16)13-7-3-5-10-4-1-2-6-12(10)13/h1-7,11H,8-9H2. The van der Waals surface area contributed by atoms with Gasteiger partial charge in [-0.15, -0.1) is 0 Å². The number of aromatic nitrogens is 2. The first-order chi connectivity index (χ1) is 10.2. The van der Waals surface area contributed by atoms with Gasteiger partial charge in [-0.25, -0.2) is 9.97 Å². The summed E-state index contributed by atoms with van der Waals surface area (Å²) in [5, 5.41) is 2.93. The zero-order valence-electron chi connectivity index (χ0n) is 11.2. The van der Waals surface area contributed by atoms with Crippen LogP contribution in [0, 0.1) is 3.57 Å². The first kappa shape index (κ1) is 13.5. The molecular weight excluding hydrogens is 395 g/mol. The predicted molar refractivity (Wildman–Crippen MR) is 94.7 cm³/mol. The molecule has 1 saturated carbocycles. The van der Waals surface area contributed by atoms with Gasteiger partial charge in [-0.05, 0) is 46.2 Å². The minimum atomic E-state index is 0.561. The Morgan fingerprint density at radius 2 is 1.76 bits per heavy atom. The highest BCUT2D eigenvalue weighted by Gasteiger charge is 2.29. The third kappa shape index (κ3) is 2.42. The van der Waals surface area contributed by atoms with E-state index in [2.05, 4.69) is 51.8 Å². The molecule has 1 fully saturated rings. The third-order valence-corrected chi connectivity index (χ3v) is 5.49. The molecule has 1 aromatic heterocycles. The van der Waals surface area contributed by atoms with E-state index in [4.69, 9.17) is 16.6 Å². The topological polar surface area (TPSA) is 25.8 Å². The van der Waals surface area contributed by atoms with Crippen molar-refractivity contribution in [3.63, 3.8) is 0 Å². The fourth-order valence-corrected chi connectivity index (χ4v) is 3.46. The lowest BCUT2D eigenvalue weighted by molar-refractivity contribution is 0.979. The van der Waals surface area contributed by atoms with Crippen molar-refractivity contribution in [2.75, 3.05) is 0 Å². The molecule has 0 atom stereocenters. The van der Waals surface area contributed by atoms with E-state index in [0.717, 1.165) is 20.7 Å². The average Bonchev–Trinajstić information content (AvgIpc) is 3.34. The van der Waals surface area contributed by atoms with Crippen molar-refractivity contribution in [3.8, 4) is 11.4 Å².